The molecule has 0 saturated heterocycles. The van der Waals surface area contributed by atoms with Crippen molar-refractivity contribution in [1.29, 1.82) is 0 Å². The van der Waals surface area contributed by atoms with E-state index in [9.17, 15) is 9.59 Å². The fourth-order valence-electron chi connectivity index (χ4n) is 2.83. The molecule has 1 amide bonds. The Morgan fingerprint density at radius 2 is 1.97 bits per heavy atom. The molecule has 7 heteroatoms. The highest BCUT2D eigenvalue weighted by Crippen LogP contribution is 2.24. The number of esters is 1. The zero-order valence-electron chi connectivity index (χ0n) is 16.7. The number of carbonyl (C=O) groups is 2. The van der Waals surface area contributed by atoms with Crippen molar-refractivity contribution in [3.63, 3.8) is 0 Å². The Hall–Kier alpha value is -3.32. The van der Waals surface area contributed by atoms with E-state index in [4.69, 9.17) is 4.74 Å². The van der Waals surface area contributed by atoms with E-state index >= 15 is 0 Å². The molecule has 0 atom stereocenters. The van der Waals surface area contributed by atoms with Crippen molar-refractivity contribution in [2.45, 2.75) is 18.6 Å². The highest BCUT2D eigenvalue weighted by atomic mass is 32.2. The first kappa shape index (κ1) is 21.4. The predicted molar refractivity (Wildman–Crippen MR) is 121 cm³/mol. The molecule has 0 bridgehead atoms. The van der Waals surface area contributed by atoms with Crippen LogP contribution in [0.1, 0.15) is 12.5 Å². The van der Waals surface area contributed by atoms with E-state index in [2.05, 4.69) is 16.9 Å². The molecule has 6 nitrogen and oxygen atoms in total. The van der Waals surface area contributed by atoms with Crippen LogP contribution >= 0.6 is 11.8 Å². The number of allylic oxidation sites excluding steroid dienone is 1. The van der Waals surface area contributed by atoms with Crippen molar-refractivity contribution in [2.75, 3.05) is 17.7 Å². The van der Waals surface area contributed by atoms with Gasteiger partial charge in [0.25, 0.3) is 0 Å². The molecule has 0 aliphatic rings. The molecule has 154 valence electrons. The maximum Gasteiger partial charge on any atom is 0.330 e. The number of aromatic nitrogens is 2. The number of para-hydroxylation sites is 2. The average molecular weight is 422 g/mol. The van der Waals surface area contributed by atoms with Crippen LogP contribution in [0, 0.1) is 0 Å². The largest absolute Gasteiger partial charge is 0.463 e. The maximum absolute atomic E-state index is 12.4. The summed E-state index contributed by atoms with van der Waals surface area (Å²) in [4.78, 5) is 28.4. The lowest BCUT2D eigenvalue weighted by Gasteiger charge is -2.07. The van der Waals surface area contributed by atoms with Crippen molar-refractivity contribution in [3.05, 3.63) is 72.8 Å². The highest BCUT2D eigenvalue weighted by molar-refractivity contribution is 7.99. The van der Waals surface area contributed by atoms with Gasteiger partial charge in [0, 0.05) is 18.3 Å². The minimum atomic E-state index is -0.380. The van der Waals surface area contributed by atoms with Gasteiger partial charge in [0.15, 0.2) is 5.16 Å². The number of nitrogens with one attached hydrogen (secondary N) is 1. The number of rotatable bonds is 9. The SMILES string of the molecule is C=CCn1c(SCC(=O)Nc2ccc(/C=C/C(=O)OCC)cc2)nc2ccccc21. The fraction of sp³-hybridized carbons (Fsp3) is 0.174. The van der Waals surface area contributed by atoms with Gasteiger partial charge in [0.1, 0.15) is 0 Å². The lowest BCUT2D eigenvalue weighted by Crippen LogP contribution is -2.14. The lowest BCUT2D eigenvalue weighted by atomic mass is 10.2. The first-order chi connectivity index (χ1) is 14.6. The smallest absolute Gasteiger partial charge is 0.330 e. The number of carbonyl (C=O) groups excluding carboxylic acids is 2. The third kappa shape index (κ3) is 5.61. The van der Waals surface area contributed by atoms with Crippen LogP contribution in [0.2, 0.25) is 0 Å². The molecule has 0 aliphatic heterocycles. The van der Waals surface area contributed by atoms with Gasteiger partial charge in [-0.3, -0.25) is 4.79 Å². The number of hydrogen-bond donors (Lipinski definition) is 1. The van der Waals surface area contributed by atoms with E-state index in [1.807, 2.05) is 47.0 Å². The number of benzene rings is 2. The van der Waals surface area contributed by atoms with E-state index < -0.39 is 0 Å². The molecule has 1 heterocycles. The van der Waals surface area contributed by atoms with Crippen LogP contribution < -0.4 is 5.32 Å². The summed E-state index contributed by atoms with van der Waals surface area (Å²) in [5.41, 5.74) is 3.45. The molecule has 30 heavy (non-hydrogen) atoms. The Morgan fingerprint density at radius 1 is 1.20 bits per heavy atom. The lowest BCUT2D eigenvalue weighted by molar-refractivity contribution is -0.137. The molecule has 0 unspecified atom stereocenters. The number of nitrogens with zero attached hydrogens (tertiary/aromatic N) is 2. The van der Waals surface area contributed by atoms with Crippen LogP contribution in [0.3, 0.4) is 0 Å². The van der Waals surface area contributed by atoms with Gasteiger partial charge in [-0.2, -0.15) is 0 Å². The Labute approximate surface area is 179 Å². The van der Waals surface area contributed by atoms with Crippen LogP contribution in [0.15, 0.2) is 72.4 Å². The number of thioether (sulfide) groups is 1. The molecule has 2 aromatic carbocycles. The fourth-order valence-corrected chi connectivity index (χ4v) is 3.65. The van der Waals surface area contributed by atoms with Gasteiger partial charge >= 0.3 is 5.97 Å². The van der Waals surface area contributed by atoms with Crippen molar-refractivity contribution >= 4 is 46.4 Å². The van der Waals surface area contributed by atoms with Crippen molar-refractivity contribution in [3.8, 4) is 0 Å². The first-order valence-corrected chi connectivity index (χ1v) is 10.5. The zero-order valence-corrected chi connectivity index (χ0v) is 17.5. The molecular weight excluding hydrogens is 398 g/mol. The van der Waals surface area contributed by atoms with Gasteiger partial charge in [-0.25, -0.2) is 9.78 Å². The number of ether oxygens (including phenoxy) is 1. The van der Waals surface area contributed by atoms with Crippen molar-refractivity contribution in [1.82, 2.24) is 9.55 Å². The molecule has 3 rings (SSSR count). The summed E-state index contributed by atoms with van der Waals surface area (Å²) >= 11 is 1.39. The van der Waals surface area contributed by atoms with Crippen molar-refractivity contribution < 1.29 is 14.3 Å². The normalized spacial score (nSPS) is 11.0. The van der Waals surface area contributed by atoms with E-state index in [-0.39, 0.29) is 17.6 Å². The maximum atomic E-state index is 12.4. The molecule has 0 spiro atoms. The van der Waals surface area contributed by atoms with Gasteiger partial charge < -0.3 is 14.6 Å². The molecule has 1 aromatic heterocycles. The minimum Gasteiger partial charge on any atom is -0.463 e. The highest BCUT2D eigenvalue weighted by Gasteiger charge is 2.12. The van der Waals surface area contributed by atoms with E-state index in [1.54, 1.807) is 25.1 Å². The third-order valence-electron chi connectivity index (χ3n) is 4.16. The van der Waals surface area contributed by atoms with Gasteiger partial charge in [-0.15, -0.1) is 6.58 Å². The summed E-state index contributed by atoms with van der Waals surface area (Å²) < 4.78 is 6.90. The molecule has 3 aromatic rings. The molecule has 1 N–H and O–H groups in total. The summed E-state index contributed by atoms with van der Waals surface area (Å²) in [6, 6.07) is 15.1. The standard InChI is InChI=1S/C23H23N3O3S/c1-3-15-26-20-8-6-5-7-19(20)25-23(26)30-16-21(27)24-18-12-9-17(10-13-18)11-14-22(28)29-4-2/h3,5-14H,1,4,15-16H2,2H3,(H,24,27)/b14-11+. The van der Waals surface area contributed by atoms with E-state index in [0.29, 0.717) is 18.8 Å². The topological polar surface area (TPSA) is 73.2 Å². The van der Waals surface area contributed by atoms with Crippen LogP contribution in [-0.2, 0) is 20.9 Å². The number of anilines is 1. The summed E-state index contributed by atoms with van der Waals surface area (Å²) in [6.07, 6.45) is 4.86. The Kier molecular flexibility index (Phi) is 7.45. The Bertz CT molecular complexity index is 1070. The second-order valence-electron chi connectivity index (χ2n) is 6.33. The van der Waals surface area contributed by atoms with E-state index in [1.165, 1.54) is 17.8 Å². The van der Waals surface area contributed by atoms with Crippen LogP contribution in [-0.4, -0.2) is 33.8 Å². The van der Waals surface area contributed by atoms with E-state index in [0.717, 1.165) is 21.8 Å². The second kappa shape index (κ2) is 10.5. The van der Waals surface area contributed by atoms with Crippen LogP contribution in [0.4, 0.5) is 5.69 Å². The minimum absolute atomic E-state index is 0.118. The summed E-state index contributed by atoms with van der Waals surface area (Å²) in [7, 11) is 0. The van der Waals surface area contributed by atoms with Crippen LogP contribution in [0.25, 0.3) is 17.1 Å². The zero-order chi connectivity index (χ0) is 21.3. The summed E-state index contributed by atoms with van der Waals surface area (Å²) in [5.74, 6) is -0.258. The van der Waals surface area contributed by atoms with Gasteiger partial charge in [0.2, 0.25) is 5.91 Å². The molecule has 0 aliphatic carbocycles. The number of amides is 1. The monoisotopic (exact) mass is 421 g/mol. The summed E-state index contributed by atoms with van der Waals surface area (Å²) in [5, 5.41) is 3.66. The second-order valence-corrected chi connectivity index (χ2v) is 7.27. The molecule has 0 radical (unpaired) electrons. The van der Waals surface area contributed by atoms with Gasteiger partial charge in [-0.05, 0) is 42.8 Å². The summed E-state index contributed by atoms with van der Waals surface area (Å²) in [6.45, 7) is 6.54. The average Bonchev–Trinajstić information content (AvgIpc) is 3.10. The number of imidazole rings is 1. The number of hydrogen-bond acceptors (Lipinski definition) is 5. The molecular formula is C23H23N3O3S. The first-order valence-electron chi connectivity index (χ1n) is 9.54. The van der Waals surface area contributed by atoms with Gasteiger partial charge in [0.05, 0.1) is 23.4 Å². The Morgan fingerprint density at radius 3 is 2.70 bits per heavy atom. The number of fused-ring (bicyclic) bond motifs is 1. The quantitative estimate of drug-likeness (QED) is 0.238. The Balaban J connectivity index is 1.58. The van der Waals surface area contributed by atoms with Gasteiger partial charge in [-0.1, -0.05) is 42.1 Å². The van der Waals surface area contributed by atoms with Crippen LogP contribution in [0.5, 0.6) is 0 Å². The van der Waals surface area contributed by atoms with Crippen molar-refractivity contribution in [2.24, 2.45) is 0 Å². The third-order valence-corrected chi connectivity index (χ3v) is 5.13. The molecule has 0 fully saturated rings. The predicted octanol–water partition coefficient (Wildman–Crippen LogP) is 4.53. The molecule has 0 saturated carbocycles.